The van der Waals surface area contributed by atoms with E-state index < -0.39 is 24.0 Å². The van der Waals surface area contributed by atoms with Crippen LogP contribution in [0.2, 0.25) is 0 Å². The van der Waals surface area contributed by atoms with Crippen molar-refractivity contribution in [2.75, 3.05) is 18.5 Å². The first-order chi connectivity index (χ1) is 17.0. The molecule has 0 radical (unpaired) electrons. The van der Waals surface area contributed by atoms with Gasteiger partial charge in [0.15, 0.2) is 0 Å². The fraction of sp³-hybridized carbons (Fsp3) is 0.250. The van der Waals surface area contributed by atoms with E-state index in [4.69, 9.17) is 0 Å². The fourth-order valence-electron chi connectivity index (χ4n) is 4.94. The SMILES string of the molecule is C[C@H](NC(=O)C1NCCc2ccccc21)C(=O)N[C@@H]1C(=O)N(C)c2ccccc2-c2ccccc21. The summed E-state index contributed by atoms with van der Waals surface area (Å²) in [5.74, 6) is -0.927. The molecule has 5 rings (SSSR count). The number of fused-ring (bicyclic) bond motifs is 4. The van der Waals surface area contributed by atoms with Gasteiger partial charge in [-0.1, -0.05) is 66.7 Å². The zero-order chi connectivity index (χ0) is 24.5. The minimum absolute atomic E-state index is 0.239. The van der Waals surface area contributed by atoms with Gasteiger partial charge in [0.05, 0.1) is 5.69 Å². The molecule has 0 saturated carbocycles. The van der Waals surface area contributed by atoms with Crippen molar-refractivity contribution in [3.8, 4) is 11.1 Å². The van der Waals surface area contributed by atoms with Crippen LogP contribution in [0.4, 0.5) is 5.69 Å². The summed E-state index contributed by atoms with van der Waals surface area (Å²) in [4.78, 5) is 41.3. The molecule has 7 nitrogen and oxygen atoms in total. The summed E-state index contributed by atoms with van der Waals surface area (Å²) in [7, 11) is 1.71. The maximum atomic E-state index is 13.4. The predicted octanol–water partition coefficient (Wildman–Crippen LogP) is 2.88. The van der Waals surface area contributed by atoms with E-state index in [1.54, 1.807) is 18.9 Å². The standard InChI is InChI=1S/C28H28N4O3/c1-17(30-27(34)24-19-10-4-3-9-18(19)15-16-29-24)26(33)31-25-22-13-6-5-11-20(22)21-12-7-8-14-23(21)32(2)28(25)35/h3-14,17,24-25,29H,15-16H2,1-2H3,(H,30,34)(H,31,33)/t17-,24?,25-/m0/s1. The Kier molecular flexibility index (Phi) is 6.09. The second-order valence-electron chi connectivity index (χ2n) is 9.01. The van der Waals surface area contributed by atoms with Crippen LogP contribution in [-0.4, -0.2) is 37.4 Å². The van der Waals surface area contributed by atoms with Crippen LogP contribution in [-0.2, 0) is 20.8 Å². The molecule has 2 aliphatic rings. The Morgan fingerprint density at radius 1 is 0.943 bits per heavy atom. The van der Waals surface area contributed by atoms with Gasteiger partial charge >= 0.3 is 0 Å². The number of carbonyl (C=O) groups is 3. The Balaban J connectivity index is 1.36. The summed E-state index contributed by atoms with van der Waals surface area (Å²) in [5, 5.41) is 8.96. The van der Waals surface area contributed by atoms with Crippen LogP contribution in [0.3, 0.4) is 0 Å². The van der Waals surface area contributed by atoms with Crippen molar-refractivity contribution in [1.29, 1.82) is 0 Å². The maximum Gasteiger partial charge on any atom is 0.253 e. The third-order valence-electron chi connectivity index (χ3n) is 6.81. The molecule has 3 aromatic rings. The average molecular weight is 469 g/mol. The van der Waals surface area contributed by atoms with Crippen molar-refractivity contribution < 1.29 is 14.4 Å². The highest BCUT2D eigenvalue weighted by Gasteiger charge is 2.35. The summed E-state index contributed by atoms with van der Waals surface area (Å²) in [5.41, 5.74) is 5.39. The van der Waals surface area contributed by atoms with Gasteiger partial charge in [-0.2, -0.15) is 0 Å². The van der Waals surface area contributed by atoms with E-state index in [-0.39, 0.29) is 11.8 Å². The van der Waals surface area contributed by atoms with E-state index in [1.165, 1.54) is 0 Å². The number of para-hydroxylation sites is 1. The van der Waals surface area contributed by atoms with Crippen LogP contribution in [0.5, 0.6) is 0 Å². The van der Waals surface area contributed by atoms with Gasteiger partial charge < -0.3 is 20.9 Å². The molecular formula is C28H28N4O3. The van der Waals surface area contributed by atoms with Crippen molar-refractivity contribution in [3.05, 3.63) is 89.5 Å². The number of amides is 3. The molecule has 7 heteroatoms. The molecule has 35 heavy (non-hydrogen) atoms. The first-order valence-corrected chi connectivity index (χ1v) is 11.8. The molecule has 0 spiro atoms. The number of hydrogen-bond acceptors (Lipinski definition) is 4. The Labute approximate surface area is 204 Å². The summed E-state index contributed by atoms with van der Waals surface area (Å²) in [6.07, 6.45) is 0.856. The highest BCUT2D eigenvalue weighted by molar-refractivity contribution is 6.06. The van der Waals surface area contributed by atoms with E-state index in [2.05, 4.69) is 16.0 Å². The number of rotatable bonds is 4. The molecule has 0 bridgehead atoms. The minimum Gasteiger partial charge on any atom is -0.343 e. The highest BCUT2D eigenvalue weighted by atomic mass is 16.2. The molecule has 0 aromatic heterocycles. The van der Waals surface area contributed by atoms with Gasteiger partial charge in [0.1, 0.15) is 18.1 Å². The minimum atomic E-state index is -0.871. The lowest BCUT2D eigenvalue weighted by molar-refractivity contribution is -0.131. The third kappa shape index (κ3) is 4.19. The van der Waals surface area contributed by atoms with Crippen LogP contribution in [0, 0.1) is 0 Å². The number of hydrogen-bond donors (Lipinski definition) is 3. The Morgan fingerprint density at radius 3 is 2.40 bits per heavy atom. The molecule has 3 N–H and O–H groups in total. The lowest BCUT2D eigenvalue weighted by atomic mass is 9.93. The first-order valence-electron chi connectivity index (χ1n) is 11.8. The molecule has 3 aromatic carbocycles. The first kappa shape index (κ1) is 22.8. The topological polar surface area (TPSA) is 90.5 Å². The number of benzene rings is 3. The van der Waals surface area contributed by atoms with Gasteiger partial charge in [-0.25, -0.2) is 0 Å². The third-order valence-corrected chi connectivity index (χ3v) is 6.81. The normalized spacial score (nSPS) is 19.5. The zero-order valence-electron chi connectivity index (χ0n) is 19.7. The zero-order valence-corrected chi connectivity index (χ0v) is 19.7. The lowest BCUT2D eigenvalue weighted by Crippen LogP contribution is -2.51. The van der Waals surface area contributed by atoms with Crippen molar-refractivity contribution >= 4 is 23.4 Å². The monoisotopic (exact) mass is 468 g/mol. The molecule has 2 heterocycles. The summed E-state index contributed by atoms with van der Waals surface area (Å²) in [6, 6.07) is 20.9. The smallest absolute Gasteiger partial charge is 0.253 e. The molecule has 2 aliphatic heterocycles. The molecule has 0 aliphatic carbocycles. The Bertz CT molecular complexity index is 1300. The number of anilines is 1. The lowest BCUT2D eigenvalue weighted by Gasteiger charge is -2.28. The van der Waals surface area contributed by atoms with Gasteiger partial charge in [-0.05, 0) is 41.7 Å². The maximum absolute atomic E-state index is 13.4. The summed E-state index contributed by atoms with van der Waals surface area (Å²) >= 11 is 0. The number of nitrogens with zero attached hydrogens (tertiary/aromatic N) is 1. The van der Waals surface area contributed by atoms with Crippen molar-refractivity contribution in [3.63, 3.8) is 0 Å². The summed E-state index contributed by atoms with van der Waals surface area (Å²) < 4.78 is 0. The molecule has 0 fully saturated rings. The largest absolute Gasteiger partial charge is 0.343 e. The molecule has 3 amide bonds. The van der Waals surface area contributed by atoms with Crippen molar-refractivity contribution in [1.82, 2.24) is 16.0 Å². The average Bonchev–Trinajstić information content (AvgIpc) is 2.98. The van der Waals surface area contributed by atoms with Gasteiger partial charge in [0.25, 0.3) is 5.91 Å². The summed E-state index contributed by atoms with van der Waals surface area (Å²) in [6.45, 7) is 2.32. The van der Waals surface area contributed by atoms with E-state index in [1.807, 2.05) is 72.8 Å². The van der Waals surface area contributed by atoms with E-state index >= 15 is 0 Å². The second kappa shape index (κ2) is 9.35. The van der Waals surface area contributed by atoms with E-state index in [0.717, 1.165) is 39.9 Å². The number of nitrogens with one attached hydrogen (secondary N) is 3. The molecule has 178 valence electrons. The van der Waals surface area contributed by atoms with Crippen LogP contribution < -0.4 is 20.9 Å². The Morgan fingerprint density at radius 2 is 1.60 bits per heavy atom. The number of likely N-dealkylation sites (N-methyl/N-ethyl adjacent to an activating group) is 1. The van der Waals surface area contributed by atoms with E-state index in [9.17, 15) is 14.4 Å². The van der Waals surface area contributed by atoms with Crippen LogP contribution >= 0.6 is 0 Å². The van der Waals surface area contributed by atoms with Crippen LogP contribution in [0.1, 0.15) is 35.7 Å². The van der Waals surface area contributed by atoms with Gasteiger partial charge in [0, 0.05) is 19.2 Å². The quantitative estimate of drug-likeness (QED) is 0.549. The van der Waals surface area contributed by atoms with Gasteiger partial charge in [0.2, 0.25) is 11.8 Å². The molecule has 3 atom stereocenters. The van der Waals surface area contributed by atoms with Gasteiger partial charge in [-0.15, -0.1) is 0 Å². The number of carbonyl (C=O) groups excluding carboxylic acids is 3. The fourth-order valence-corrected chi connectivity index (χ4v) is 4.94. The van der Waals surface area contributed by atoms with Crippen LogP contribution in [0.25, 0.3) is 11.1 Å². The molecule has 1 unspecified atom stereocenters. The highest BCUT2D eigenvalue weighted by Crippen LogP contribution is 2.39. The van der Waals surface area contributed by atoms with E-state index in [0.29, 0.717) is 6.54 Å². The molecule has 0 saturated heterocycles. The van der Waals surface area contributed by atoms with Crippen LogP contribution in [0.15, 0.2) is 72.8 Å². The predicted molar refractivity (Wildman–Crippen MR) is 135 cm³/mol. The van der Waals surface area contributed by atoms with Gasteiger partial charge in [-0.3, -0.25) is 14.4 Å². The van der Waals surface area contributed by atoms with Crippen molar-refractivity contribution in [2.45, 2.75) is 31.5 Å². The molecular weight excluding hydrogens is 440 g/mol. The Hall–Kier alpha value is -3.97. The van der Waals surface area contributed by atoms with Crippen molar-refractivity contribution in [2.24, 2.45) is 0 Å². The second-order valence-corrected chi connectivity index (χ2v) is 9.01.